The van der Waals surface area contributed by atoms with Crippen molar-refractivity contribution >= 4 is 39.1 Å². The number of hydrogen-bond donors (Lipinski definition) is 1. The Balaban J connectivity index is 2.07. The van der Waals surface area contributed by atoms with Crippen LogP contribution in [0, 0.1) is 6.92 Å². The number of benzene rings is 3. The molecule has 0 fully saturated rings. The highest BCUT2D eigenvalue weighted by atomic mass is 35.5. The maximum Gasteiger partial charge on any atom is 0.264 e. The molecule has 1 N–H and O–H groups in total. The topological polar surface area (TPSA) is 96.0 Å². The Morgan fingerprint density at radius 1 is 0.976 bits per heavy atom. The van der Waals surface area contributed by atoms with Crippen LogP contribution < -0.4 is 14.4 Å². The third-order valence-electron chi connectivity index (χ3n) is 6.88. The molecule has 0 bridgehead atoms. The zero-order valence-electron chi connectivity index (χ0n) is 24.1. The van der Waals surface area contributed by atoms with Gasteiger partial charge in [-0.3, -0.25) is 13.9 Å². The Morgan fingerprint density at radius 3 is 2.22 bits per heavy atom. The molecule has 0 saturated carbocycles. The Labute approximate surface area is 248 Å². The Hall–Kier alpha value is -3.56. The van der Waals surface area contributed by atoms with E-state index in [0.717, 1.165) is 21.9 Å². The van der Waals surface area contributed by atoms with Gasteiger partial charge in [-0.2, -0.15) is 0 Å². The van der Waals surface area contributed by atoms with Crippen molar-refractivity contribution in [2.75, 3.05) is 18.0 Å². The molecule has 0 radical (unpaired) electrons. The highest BCUT2D eigenvalue weighted by Crippen LogP contribution is 2.28. The summed E-state index contributed by atoms with van der Waals surface area (Å²) in [4.78, 5) is 29.0. The minimum absolute atomic E-state index is 0.0459. The van der Waals surface area contributed by atoms with Crippen molar-refractivity contribution in [3.05, 3.63) is 88.9 Å². The molecule has 3 aromatic rings. The van der Waals surface area contributed by atoms with E-state index < -0.39 is 28.5 Å². The molecular formula is C31H38ClN3O5S. The van der Waals surface area contributed by atoms with Crippen LogP contribution in [0.4, 0.5) is 5.69 Å². The Bertz CT molecular complexity index is 1430. The van der Waals surface area contributed by atoms with E-state index in [-0.39, 0.29) is 29.1 Å². The first kappa shape index (κ1) is 32.0. The van der Waals surface area contributed by atoms with Gasteiger partial charge in [0, 0.05) is 23.7 Å². The molecule has 220 valence electrons. The molecule has 2 unspecified atom stereocenters. The predicted molar refractivity (Wildman–Crippen MR) is 163 cm³/mol. The average Bonchev–Trinajstić information content (AvgIpc) is 2.96. The van der Waals surface area contributed by atoms with Crippen LogP contribution in [0.25, 0.3) is 0 Å². The number of methoxy groups -OCH3 is 1. The van der Waals surface area contributed by atoms with Gasteiger partial charge in [0.1, 0.15) is 18.3 Å². The summed E-state index contributed by atoms with van der Waals surface area (Å²) in [6.45, 7) is 7.12. The van der Waals surface area contributed by atoms with Gasteiger partial charge in [0.05, 0.1) is 17.7 Å². The molecule has 41 heavy (non-hydrogen) atoms. The number of carbonyl (C=O) groups excluding carboxylic acids is 2. The molecule has 2 amide bonds. The van der Waals surface area contributed by atoms with Crippen LogP contribution >= 0.6 is 11.6 Å². The molecule has 0 aliphatic carbocycles. The molecule has 0 saturated heterocycles. The highest BCUT2D eigenvalue weighted by Gasteiger charge is 2.34. The number of nitrogens with zero attached hydrogens (tertiary/aromatic N) is 2. The summed E-state index contributed by atoms with van der Waals surface area (Å²) in [6.07, 6.45) is 1.07. The Morgan fingerprint density at radius 2 is 1.63 bits per heavy atom. The van der Waals surface area contributed by atoms with E-state index in [1.54, 1.807) is 60.7 Å². The first-order valence-electron chi connectivity index (χ1n) is 13.6. The fraction of sp³-hybridized carbons (Fsp3) is 0.355. The second-order valence-corrected chi connectivity index (χ2v) is 12.2. The van der Waals surface area contributed by atoms with Gasteiger partial charge >= 0.3 is 0 Å². The van der Waals surface area contributed by atoms with E-state index in [0.29, 0.717) is 17.2 Å². The number of hydrogen-bond acceptors (Lipinski definition) is 5. The molecule has 8 nitrogen and oxygen atoms in total. The molecule has 0 aromatic heterocycles. The van der Waals surface area contributed by atoms with Crippen molar-refractivity contribution in [1.29, 1.82) is 0 Å². The smallest absolute Gasteiger partial charge is 0.264 e. The SMILES string of the molecule is CCC(C)NC(=O)C(CC)N(Cc1ccc(Cl)cc1)C(=O)CN(c1cccc(OC)c1)S(=O)(=O)c1ccc(C)cc1. The van der Waals surface area contributed by atoms with E-state index in [2.05, 4.69) is 5.32 Å². The fourth-order valence-corrected chi connectivity index (χ4v) is 5.81. The van der Waals surface area contributed by atoms with Crippen molar-refractivity contribution in [2.45, 2.75) is 64.1 Å². The lowest BCUT2D eigenvalue weighted by molar-refractivity contribution is -0.140. The summed E-state index contributed by atoms with van der Waals surface area (Å²) in [5, 5.41) is 3.51. The summed E-state index contributed by atoms with van der Waals surface area (Å²) in [5.74, 6) is -0.375. The first-order valence-corrected chi connectivity index (χ1v) is 15.4. The average molecular weight is 600 g/mol. The zero-order valence-corrected chi connectivity index (χ0v) is 25.7. The number of nitrogens with one attached hydrogen (secondary N) is 1. The zero-order chi connectivity index (χ0) is 30.2. The summed E-state index contributed by atoms with van der Waals surface area (Å²) in [6, 6.07) is 19.1. The van der Waals surface area contributed by atoms with Crippen LogP contribution in [0.15, 0.2) is 77.7 Å². The van der Waals surface area contributed by atoms with Crippen molar-refractivity contribution in [2.24, 2.45) is 0 Å². The van der Waals surface area contributed by atoms with Crippen LogP contribution in [0.1, 0.15) is 44.7 Å². The largest absolute Gasteiger partial charge is 0.497 e. The van der Waals surface area contributed by atoms with Crippen molar-refractivity contribution < 1.29 is 22.7 Å². The molecule has 2 atom stereocenters. The molecule has 3 rings (SSSR count). The van der Waals surface area contributed by atoms with Crippen LogP contribution in [0.5, 0.6) is 5.75 Å². The normalized spacial score (nSPS) is 12.7. The number of halogens is 1. The van der Waals surface area contributed by atoms with Gasteiger partial charge in [-0.05, 0) is 68.7 Å². The number of rotatable bonds is 13. The van der Waals surface area contributed by atoms with E-state index >= 15 is 0 Å². The molecule has 0 aliphatic heterocycles. The minimum Gasteiger partial charge on any atom is -0.497 e. The van der Waals surface area contributed by atoms with Gasteiger partial charge in [0.2, 0.25) is 11.8 Å². The number of carbonyl (C=O) groups is 2. The van der Waals surface area contributed by atoms with Crippen LogP contribution in [0.3, 0.4) is 0 Å². The second kappa shape index (κ2) is 14.4. The van der Waals surface area contributed by atoms with E-state index in [9.17, 15) is 18.0 Å². The van der Waals surface area contributed by atoms with Gasteiger partial charge in [-0.25, -0.2) is 8.42 Å². The third kappa shape index (κ3) is 8.24. The molecule has 3 aromatic carbocycles. The molecule has 10 heteroatoms. The lowest BCUT2D eigenvalue weighted by atomic mass is 10.1. The summed E-state index contributed by atoms with van der Waals surface area (Å²) in [5.41, 5.74) is 1.92. The summed E-state index contributed by atoms with van der Waals surface area (Å²) >= 11 is 6.08. The Kier molecular flexibility index (Phi) is 11.2. The highest BCUT2D eigenvalue weighted by molar-refractivity contribution is 7.92. The standard InChI is InChI=1S/C31H38ClN3O5S/c1-6-23(4)33-31(37)29(7-2)34(20-24-13-15-25(32)16-14-24)30(36)21-35(26-9-8-10-27(19-26)40-5)41(38,39)28-17-11-22(3)12-18-28/h8-19,23,29H,6-7,20-21H2,1-5H3,(H,33,37). The van der Waals surface area contributed by atoms with Crippen LogP contribution in [-0.2, 0) is 26.2 Å². The molecule has 0 heterocycles. The van der Waals surface area contributed by atoms with Crippen LogP contribution in [0.2, 0.25) is 5.02 Å². The maximum atomic E-state index is 14.1. The number of sulfonamides is 1. The minimum atomic E-state index is -4.17. The first-order chi connectivity index (χ1) is 19.5. The number of amides is 2. The van der Waals surface area contributed by atoms with Gasteiger partial charge in [-0.15, -0.1) is 0 Å². The quantitative estimate of drug-likeness (QED) is 0.277. The lowest BCUT2D eigenvalue weighted by Crippen LogP contribution is -2.53. The fourth-order valence-electron chi connectivity index (χ4n) is 4.28. The number of aryl methyl sites for hydroxylation is 1. The van der Waals surface area contributed by atoms with Gasteiger partial charge < -0.3 is 15.0 Å². The third-order valence-corrected chi connectivity index (χ3v) is 8.92. The van der Waals surface area contributed by atoms with Gasteiger partial charge in [-0.1, -0.05) is 61.3 Å². The number of anilines is 1. The van der Waals surface area contributed by atoms with Gasteiger partial charge in [0.15, 0.2) is 0 Å². The lowest BCUT2D eigenvalue weighted by Gasteiger charge is -2.33. The van der Waals surface area contributed by atoms with E-state index in [1.165, 1.54) is 24.1 Å². The van der Waals surface area contributed by atoms with Crippen molar-refractivity contribution in [3.63, 3.8) is 0 Å². The molecule has 0 aliphatic rings. The number of ether oxygens (including phenoxy) is 1. The van der Waals surface area contributed by atoms with E-state index in [4.69, 9.17) is 16.3 Å². The van der Waals surface area contributed by atoms with Gasteiger partial charge in [0.25, 0.3) is 10.0 Å². The second-order valence-electron chi connectivity index (χ2n) is 9.92. The van der Waals surface area contributed by atoms with E-state index in [1.807, 2.05) is 27.7 Å². The van der Waals surface area contributed by atoms with Crippen molar-refractivity contribution in [1.82, 2.24) is 10.2 Å². The monoisotopic (exact) mass is 599 g/mol. The van der Waals surface area contributed by atoms with Crippen LogP contribution in [-0.4, -0.2) is 50.9 Å². The summed E-state index contributed by atoms with van der Waals surface area (Å²) in [7, 11) is -2.68. The van der Waals surface area contributed by atoms with Crippen molar-refractivity contribution in [3.8, 4) is 5.75 Å². The predicted octanol–water partition coefficient (Wildman–Crippen LogP) is 5.57. The molecule has 0 spiro atoms. The molecular weight excluding hydrogens is 562 g/mol. The maximum absolute atomic E-state index is 14.1. The summed E-state index contributed by atoms with van der Waals surface area (Å²) < 4.78 is 34.4.